The Morgan fingerprint density at radius 1 is 0.846 bits per heavy atom. The molecule has 1 N–H and O–H groups in total. The maximum Gasteiger partial charge on any atom is 0.337 e. The van der Waals surface area contributed by atoms with Crippen LogP contribution in [0.4, 0.5) is 0 Å². The number of aryl methyl sites for hydroxylation is 1. The van der Waals surface area contributed by atoms with Gasteiger partial charge in [0.05, 0.1) is 12.7 Å². The summed E-state index contributed by atoms with van der Waals surface area (Å²) in [6, 6.07) is 22.3. The molecule has 132 valence electrons. The lowest BCUT2D eigenvalue weighted by molar-refractivity contribution is -0.0194. The third-order valence-corrected chi connectivity index (χ3v) is 4.10. The molecule has 1 atom stereocenters. The van der Waals surface area contributed by atoms with Crippen LogP contribution in [0.5, 0.6) is 5.75 Å². The van der Waals surface area contributed by atoms with E-state index in [1.54, 1.807) is 24.3 Å². The minimum Gasteiger partial charge on any atom is -0.465 e. The van der Waals surface area contributed by atoms with Crippen LogP contribution in [0, 0.1) is 6.92 Å². The summed E-state index contributed by atoms with van der Waals surface area (Å²) in [5.41, 5.74) is 4.40. The first-order valence-corrected chi connectivity index (χ1v) is 8.27. The smallest absolute Gasteiger partial charge is 0.337 e. The van der Waals surface area contributed by atoms with Gasteiger partial charge in [0.1, 0.15) is 5.75 Å². The second kappa shape index (κ2) is 7.85. The number of hydrogen-bond donors (Lipinski definition) is 1. The SMILES string of the molecule is COC(=O)c1ccc(C(O)Oc2ccc(-c3ccc(C)cc3)cc2)cc1. The minimum atomic E-state index is -1.12. The van der Waals surface area contributed by atoms with Crippen molar-refractivity contribution in [3.05, 3.63) is 89.5 Å². The zero-order chi connectivity index (χ0) is 18.5. The summed E-state index contributed by atoms with van der Waals surface area (Å²) >= 11 is 0. The Bertz CT molecular complexity index is 866. The lowest BCUT2D eigenvalue weighted by Crippen LogP contribution is -2.07. The highest BCUT2D eigenvalue weighted by Crippen LogP contribution is 2.25. The molecule has 0 saturated carbocycles. The van der Waals surface area contributed by atoms with Crippen molar-refractivity contribution in [1.82, 2.24) is 0 Å². The number of methoxy groups -OCH3 is 1. The monoisotopic (exact) mass is 348 g/mol. The number of aliphatic hydroxyl groups excluding tert-OH is 1. The Balaban J connectivity index is 1.68. The summed E-state index contributed by atoms with van der Waals surface area (Å²) in [5.74, 6) is 0.143. The lowest BCUT2D eigenvalue weighted by atomic mass is 10.0. The molecule has 0 amide bonds. The highest BCUT2D eigenvalue weighted by molar-refractivity contribution is 5.89. The van der Waals surface area contributed by atoms with Gasteiger partial charge in [0.25, 0.3) is 0 Å². The van der Waals surface area contributed by atoms with Crippen molar-refractivity contribution in [2.75, 3.05) is 7.11 Å². The Kier molecular flexibility index (Phi) is 5.34. The van der Waals surface area contributed by atoms with E-state index < -0.39 is 12.3 Å². The number of carbonyl (C=O) groups is 1. The van der Waals surface area contributed by atoms with E-state index >= 15 is 0 Å². The van der Waals surface area contributed by atoms with Crippen molar-refractivity contribution in [1.29, 1.82) is 0 Å². The number of rotatable bonds is 5. The Morgan fingerprint density at radius 2 is 1.38 bits per heavy atom. The van der Waals surface area contributed by atoms with Gasteiger partial charge in [-0.2, -0.15) is 0 Å². The van der Waals surface area contributed by atoms with Crippen LogP contribution in [0.25, 0.3) is 11.1 Å². The van der Waals surface area contributed by atoms with E-state index in [1.807, 2.05) is 24.3 Å². The van der Waals surface area contributed by atoms with Gasteiger partial charge in [0.15, 0.2) is 0 Å². The molecule has 0 saturated heterocycles. The van der Waals surface area contributed by atoms with E-state index in [-0.39, 0.29) is 0 Å². The van der Waals surface area contributed by atoms with Gasteiger partial charge < -0.3 is 14.6 Å². The van der Waals surface area contributed by atoms with E-state index in [1.165, 1.54) is 12.7 Å². The molecule has 3 aromatic rings. The summed E-state index contributed by atoms with van der Waals surface area (Å²) < 4.78 is 10.2. The molecular weight excluding hydrogens is 328 g/mol. The normalized spacial score (nSPS) is 11.7. The molecule has 1 unspecified atom stereocenters. The van der Waals surface area contributed by atoms with Gasteiger partial charge >= 0.3 is 5.97 Å². The van der Waals surface area contributed by atoms with Crippen molar-refractivity contribution in [3.8, 4) is 16.9 Å². The molecular formula is C22H20O4. The molecule has 3 rings (SSSR count). The van der Waals surface area contributed by atoms with Crippen LogP contribution in [0.3, 0.4) is 0 Å². The van der Waals surface area contributed by atoms with Gasteiger partial charge in [-0.3, -0.25) is 0 Å². The molecule has 0 aliphatic carbocycles. The van der Waals surface area contributed by atoms with Crippen LogP contribution < -0.4 is 4.74 Å². The standard InChI is InChI=1S/C22H20O4/c1-15-3-5-16(6-4-15)17-11-13-20(14-12-17)26-22(24)19-9-7-18(8-10-19)21(23)25-2/h3-14,22,24H,1-2H3. The largest absolute Gasteiger partial charge is 0.465 e. The van der Waals surface area contributed by atoms with Crippen molar-refractivity contribution in [2.45, 2.75) is 13.2 Å². The Hall–Kier alpha value is -3.11. The molecule has 0 spiro atoms. The minimum absolute atomic E-state index is 0.418. The lowest BCUT2D eigenvalue weighted by Gasteiger charge is -2.14. The molecule has 4 nitrogen and oxygen atoms in total. The zero-order valence-electron chi connectivity index (χ0n) is 14.7. The van der Waals surface area contributed by atoms with E-state index in [4.69, 9.17) is 4.74 Å². The number of benzene rings is 3. The molecule has 0 aliphatic rings. The highest BCUT2D eigenvalue weighted by Gasteiger charge is 2.11. The van der Waals surface area contributed by atoms with E-state index in [0.29, 0.717) is 16.9 Å². The Labute approximate surface area is 152 Å². The molecule has 0 radical (unpaired) electrons. The average molecular weight is 348 g/mol. The first kappa shape index (κ1) is 17.7. The van der Waals surface area contributed by atoms with E-state index in [0.717, 1.165) is 11.1 Å². The molecule has 0 heterocycles. The number of carbonyl (C=O) groups excluding carboxylic acids is 1. The number of hydrogen-bond acceptors (Lipinski definition) is 4. The van der Waals surface area contributed by atoms with Crippen molar-refractivity contribution >= 4 is 5.97 Å². The number of ether oxygens (including phenoxy) is 2. The second-order valence-electron chi connectivity index (χ2n) is 5.97. The van der Waals surface area contributed by atoms with Gasteiger partial charge in [-0.25, -0.2) is 4.79 Å². The maximum absolute atomic E-state index is 11.4. The second-order valence-corrected chi connectivity index (χ2v) is 5.97. The van der Waals surface area contributed by atoms with Crippen LogP contribution in [-0.2, 0) is 4.74 Å². The van der Waals surface area contributed by atoms with Crippen LogP contribution >= 0.6 is 0 Å². The maximum atomic E-state index is 11.4. The molecule has 3 aromatic carbocycles. The van der Waals surface area contributed by atoms with E-state index in [9.17, 15) is 9.90 Å². The van der Waals surface area contributed by atoms with Crippen molar-refractivity contribution in [3.63, 3.8) is 0 Å². The Morgan fingerprint density at radius 3 is 1.92 bits per heavy atom. The van der Waals surface area contributed by atoms with Gasteiger partial charge in [0.2, 0.25) is 6.29 Å². The third kappa shape index (κ3) is 4.10. The molecule has 0 aromatic heterocycles. The van der Waals surface area contributed by atoms with Crippen LogP contribution in [0.15, 0.2) is 72.8 Å². The van der Waals surface area contributed by atoms with Gasteiger partial charge in [-0.1, -0.05) is 54.1 Å². The van der Waals surface area contributed by atoms with Gasteiger partial charge in [-0.05, 0) is 42.3 Å². The summed E-state index contributed by atoms with van der Waals surface area (Å²) in [5, 5.41) is 10.2. The van der Waals surface area contributed by atoms with Crippen LogP contribution in [0.2, 0.25) is 0 Å². The topological polar surface area (TPSA) is 55.8 Å². The van der Waals surface area contributed by atoms with Gasteiger partial charge in [-0.15, -0.1) is 0 Å². The van der Waals surface area contributed by atoms with Crippen molar-refractivity contribution in [2.24, 2.45) is 0 Å². The fraction of sp³-hybridized carbons (Fsp3) is 0.136. The summed E-state index contributed by atoms with van der Waals surface area (Å²) in [6.45, 7) is 2.06. The predicted octanol–water partition coefficient (Wildman–Crippen LogP) is 4.52. The zero-order valence-corrected chi connectivity index (χ0v) is 14.7. The molecule has 4 heteroatoms. The number of esters is 1. The molecule has 0 bridgehead atoms. The van der Waals surface area contributed by atoms with Crippen LogP contribution in [-0.4, -0.2) is 18.2 Å². The number of aliphatic hydroxyl groups is 1. The quantitative estimate of drug-likeness (QED) is 0.544. The van der Waals surface area contributed by atoms with E-state index in [2.05, 4.69) is 35.9 Å². The van der Waals surface area contributed by atoms with Crippen molar-refractivity contribution < 1.29 is 19.4 Å². The molecule has 26 heavy (non-hydrogen) atoms. The summed E-state index contributed by atoms with van der Waals surface area (Å²) in [4.78, 5) is 11.4. The third-order valence-electron chi connectivity index (χ3n) is 4.10. The fourth-order valence-corrected chi connectivity index (χ4v) is 2.57. The molecule has 0 fully saturated rings. The highest BCUT2D eigenvalue weighted by atomic mass is 16.6. The first-order valence-electron chi connectivity index (χ1n) is 8.27. The summed E-state index contributed by atoms with van der Waals surface area (Å²) in [7, 11) is 1.33. The fourth-order valence-electron chi connectivity index (χ4n) is 2.57. The average Bonchev–Trinajstić information content (AvgIpc) is 2.69. The first-order chi connectivity index (χ1) is 12.6. The predicted molar refractivity (Wildman–Crippen MR) is 100.0 cm³/mol. The summed E-state index contributed by atoms with van der Waals surface area (Å²) in [6.07, 6.45) is -1.12. The van der Waals surface area contributed by atoms with Gasteiger partial charge in [0, 0.05) is 5.56 Å². The van der Waals surface area contributed by atoms with Crippen LogP contribution in [0.1, 0.15) is 27.8 Å². The molecule has 0 aliphatic heterocycles.